The van der Waals surface area contributed by atoms with Gasteiger partial charge in [-0.3, -0.25) is 4.68 Å². The average molecular weight is 288 g/mol. The van der Waals surface area contributed by atoms with Crippen LogP contribution in [0.25, 0.3) is 0 Å². The summed E-state index contributed by atoms with van der Waals surface area (Å²) in [6.07, 6.45) is 2.72. The maximum absolute atomic E-state index is 6.33. The summed E-state index contributed by atoms with van der Waals surface area (Å²) < 4.78 is 7.23. The van der Waals surface area contributed by atoms with E-state index in [1.807, 2.05) is 4.68 Å². The average Bonchev–Trinajstić information content (AvgIpc) is 2.71. The minimum absolute atomic E-state index is 0.215. The fourth-order valence-corrected chi connectivity index (χ4v) is 2.64. The van der Waals surface area contributed by atoms with Gasteiger partial charge in [0.15, 0.2) is 0 Å². The van der Waals surface area contributed by atoms with Crippen molar-refractivity contribution in [3.05, 3.63) is 16.9 Å². The van der Waals surface area contributed by atoms with E-state index in [4.69, 9.17) is 16.3 Å². The third kappa shape index (κ3) is 4.48. The molecule has 1 N–H and O–H groups in total. The molecule has 0 aliphatic rings. The predicted molar refractivity (Wildman–Crippen MR) is 79.7 cm³/mol. The summed E-state index contributed by atoms with van der Waals surface area (Å²) in [7, 11) is 1.74. The summed E-state index contributed by atoms with van der Waals surface area (Å²) in [6.45, 7) is 10.2. The fourth-order valence-electron chi connectivity index (χ4n) is 2.38. The number of nitrogens with zero attached hydrogens (tertiary/aromatic N) is 2. The SMILES string of the molecule is CCNC(CC(C)COC)c1c(Cl)cnn1C(C)C. The maximum atomic E-state index is 6.33. The standard InChI is InChI=1S/C14H26ClN3O/c1-6-16-13(7-11(4)9-19-5)14-12(15)8-17-18(14)10(2)3/h8,10-11,13,16H,6-7,9H2,1-5H3. The predicted octanol–water partition coefficient (Wildman–Crippen LogP) is 3.44. The van der Waals surface area contributed by atoms with Gasteiger partial charge in [0, 0.05) is 19.8 Å². The van der Waals surface area contributed by atoms with E-state index in [9.17, 15) is 0 Å². The molecule has 1 heterocycles. The number of methoxy groups -OCH3 is 1. The molecule has 0 bridgehead atoms. The molecule has 0 fully saturated rings. The Morgan fingerprint density at radius 2 is 2.11 bits per heavy atom. The first-order valence-electron chi connectivity index (χ1n) is 6.96. The highest BCUT2D eigenvalue weighted by Crippen LogP contribution is 2.29. The summed E-state index contributed by atoms with van der Waals surface area (Å²) >= 11 is 6.33. The molecule has 0 aliphatic carbocycles. The minimum Gasteiger partial charge on any atom is -0.384 e. The Morgan fingerprint density at radius 1 is 1.42 bits per heavy atom. The molecular weight excluding hydrogens is 262 g/mol. The van der Waals surface area contributed by atoms with Gasteiger partial charge < -0.3 is 10.1 Å². The van der Waals surface area contributed by atoms with E-state index in [1.165, 1.54) is 0 Å². The van der Waals surface area contributed by atoms with Crippen LogP contribution in [0.1, 0.15) is 51.9 Å². The van der Waals surface area contributed by atoms with Crippen molar-refractivity contribution in [1.82, 2.24) is 15.1 Å². The molecule has 0 radical (unpaired) electrons. The monoisotopic (exact) mass is 287 g/mol. The molecule has 0 amide bonds. The van der Waals surface area contributed by atoms with Gasteiger partial charge in [-0.15, -0.1) is 0 Å². The van der Waals surface area contributed by atoms with Gasteiger partial charge in [-0.1, -0.05) is 25.4 Å². The number of nitrogens with one attached hydrogen (secondary N) is 1. The molecular formula is C14H26ClN3O. The molecule has 5 heteroatoms. The van der Waals surface area contributed by atoms with E-state index in [1.54, 1.807) is 13.3 Å². The second-order valence-corrected chi connectivity index (χ2v) is 5.73. The van der Waals surface area contributed by atoms with Gasteiger partial charge in [0.1, 0.15) is 0 Å². The molecule has 2 atom stereocenters. The van der Waals surface area contributed by atoms with Gasteiger partial charge in [0.25, 0.3) is 0 Å². The molecule has 1 rings (SSSR count). The Balaban J connectivity index is 2.94. The molecule has 0 spiro atoms. The third-order valence-corrected chi connectivity index (χ3v) is 3.44. The van der Waals surface area contributed by atoms with Crippen molar-refractivity contribution in [1.29, 1.82) is 0 Å². The zero-order valence-corrected chi connectivity index (χ0v) is 13.4. The van der Waals surface area contributed by atoms with Crippen LogP contribution in [0.3, 0.4) is 0 Å². The lowest BCUT2D eigenvalue weighted by Gasteiger charge is -2.24. The van der Waals surface area contributed by atoms with Crippen LogP contribution in [0.5, 0.6) is 0 Å². The number of aromatic nitrogens is 2. The molecule has 110 valence electrons. The molecule has 19 heavy (non-hydrogen) atoms. The molecule has 2 unspecified atom stereocenters. The highest BCUT2D eigenvalue weighted by atomic mass is 35.5. The number of hydrogen-bond donors (Lipinski definition) is 1. The smallest absolute Gasteiger partial charge is 0.0834 e. The quantitative estimate of drug-likeness (QED) is 0.796. The van der Waals surface area contributed by atoms with Crippen LogP contribution < -0.4 is 5.32 Å². The Labute approximate surface area is 121 Å². The normalized spacial score (nSPS) is 14.9. The molecule has 1 aromatic heterocycles. The van der Waals surface area contributed by atoms with E-state index < -0.39 is 0 Å². The van der Waals surface area contributed by atoms with Crippen LogP contribution >= 0.6 is 11.6 Å². The van der Waals surface area contributed by atoms with Gasteiger partial charge in [-0.25, -0.2) is 0 Å². The Morgan fingerprint density at radius 3 is 2.63 bits per heavy atom. The van der Waals surface area contributed by atoms with Crippen LogP contribution in [0.2, 0.25) is 5.02 Å². The van der Waals surface area contributed by atoms with E-state index in [0.29, 0.717) is 12.0 Å². The molecule has 1 aromatic rings. The van der Waals surface area contributed by atoms with Crippen molar-refractivity contribution in [2.24, 2.45) is 5.92 Å². The number of hydrogen-bond acceptors (Lipinski definition) is 3. The summed E-state index contributed by atoms with van der Waals surface area (Å²) in [4.78, 5) is 0. The molecule has 0 saturated heterocycles. The summed E-state index contributed by atoms with van der Waals surface area (Å²) in [5.74, 6) is 0.473. The zero-order chi connectivity index (χ0) is 14.4. The van der Waals surface area contributed by atoms with Gasteiger partial charge in [0.2, 0.25) is 0 Å². The maximum Gasteiger partial charge on any atom is 0.0834 e. The van der Waals surface area contributed by atoms with Gasteiger partial charge in [-0.2, -0.15) is 5.10 Å². The van der Waals surface area contributed by atoms with E-state index in [0.717, 1.165) is 30.3 Å². The Hall–Kier alpha value is -0.580. The molecule has 4 nitrogen and oxygen atoms in total. The summed E-state index contributed by atoms with van der Waals surface area (Å²) in [6, 6.07) is 0.522. The first-order chi connectivity index (χ1) is 9.01. The van der Waals surface area contributed by atoms with Crippen molar-refractivity contribution < 1.29 is 4.74 Å². The number of halogens is 1. The van der Waals surface area contributed by atoms with Crippen molar-refractivity contribution in [3.8, 4) is 0 Å². The molecule has 0 saturated carbocycles. The van der Waals surface area contributed by atoms with Crippen LogP contribution in [-0.2, 0) is 4.74 Å². The summed E-state index contributed by atoms with van der Waals surface area (Å²) in [5, 5.41) is 8.63. The lowest BCUT2D eigenvalue weighted by Crippen LogP contribution is -2.27. The van der Waals surface area contributed by atoms with Gasteiger partial charge in [0.05, 0.1) is 23.0 Å². The Bertz CT molecular complexity index is 379. The minimum atomic E-state index is 0.215. The summed E-state index contributed by atoms with van der Waals surface area (Å²) in [5.41, 5.74) is 1.08. The van der Waals surface area contributed by atoms with E-state index in [-0.39, 0.29) is 6.04 Å². The lowest BCUT2D eigenvalue weighted by molar-refractivity contribution is 0.148. The van der Waals surface area contributed by atoms with Crippen LogP contribution in [0.4, 0.5) is 0 Å². The second-order valence-electron chi connectivity index (χ2n) is 5.32. The number of rotatable bonds is 8. The Kier molecular flexibility index (Phi) is 6.83. The number of ether oxygens (including phenoxy) is 1. The van der Waals surface area contributed by atoms with Gasteiger partial charge in [-0.05, 0) is 32.7 Å². The van der Waals surface area contributed by atoms with Crippen molar-refractivity contribution in [2.45, 2.75) is 46.2 Å². The van der Waals surface area contributed by atoms with Crippen molar-refractivity contribution in [2.75, 3.05) is 20.3 Å². The topological polar surface area (TPSA) is 39.1 Å². The largest absolute Gasteiger partial charge is 0.384 e. The third-order valence-electron chi connectivity index (χ3n) is 3.15. The first kappa shape index (κ1) is 16.5. The van der Waals surface area contributed by atoms with Gasteiger partial charge >= 0.3 is 0 Å². The highest BCUT2D eigenvalue weighted by Gasteiger charge is 2.22. The molecule has 0 aliphatic heterocycles. The van der Waals surface area contributed by atoms with Crippen LogP contribution in [-0.4, -0.2) is 30.0 Å². The molecule has 0 aromatic carbocycles. The highest BCUT2D eigenvalue weighted by molar-refractivity contribution is 6.31. The first-order valence-corrected chi connectivity index (χ1v) is 7.34. The van der Waals surface area contributed by atoms with E-state index >= 15 is 0 Å². The van der Waals surface area contributed by atoms with Crippen molar-refractivity contribution >= 4 is 11.6 Å². The second kappa shape index (κ2) is 7.88. The zero-order valence-electron chi connectivity index (χ0n) is 12.6. The van der Waals surface area contributed by atoms with Crippen molar-refractivity contribution in [3.63, 3.8) is 0 Å². The lowest BCUT2D eigenvalue weighted by atomic mass is 9.99. The van der Waals surface area contributed by atoms with Crippen LogP contribution in [0.15, 0.2) is 6.20 Å². The fraction of sp³-hybridized carbons (Fsp3) is 0.786. The van der Waals surface area contributed by atoms with E-state index in [2.05, 4.69) is 38.1 Å². The van der Waals surface area contributed by atoms with Crippen LogP contribution in [0, 0.1) is 5.92 Å².